The third-order valence-corrected chi connectivity index (χ3v) is 3.35. The number of rotatable bonds is 5. The minimum absolute atomic E-state index is 0.121. The van der Waals surface area contributed by atoms with Crippen LogP contribution in [0.15, 0.2) is 24.3 Å². The number of carbonyl (C=O) groups excluding carboxylic acids is 1. The van der Waals surface area contributed by atoms with Crippen molar-refractivity contribution in [2.75, 3.05) is 32.5 Å². The van der Waals surface area contributed by atoms with Crippen LogP contribution in [-0.4, -0.2) is 38.0 Å². The molecule has 1 aromatic carbocycles. The highest BCUT2D eigenvalue weighted by Gasteiger charge is 2.17. The van der Waals surface area contributed by atoms with Crippen LogP contribution < -0.4 is 10.6 Å². The van der Waals surface area contributed by atoms with Gasteiger partial charge in [-0.25, -0.2) is 0 Å². The minimum Gasteiger partial charge on any atom is -0.326 e. The van der Waals surface area contributed by atoms with E-state index in [1.54, 1.807) is 0 Å². The van der Waals surface area contributed by atoms with Crippen molar-refractivity contribution in [2.24, 2.45) is 5.92 Å². The molecule has 0 bridgehead atoms. The summed E-state index contributed by atoms with van der Waals surface area (Å²) in [6, 6.07) is 8.07. The fraction of sp³-hybridized carbons (Fsp3) is 0.533. The number of nitrogens with one attached hydrogen (secondary N) is 2. The van der Waals surface area contributed by atoms with E-state index in [2.05, 4.69) is 21.6 Å². The Morgan fingerprint density at radius 3 is 3.00 bits per heavy atom. The average Bonchev–Trinajstić information content (AvgIpc) is 2.81. The molecule has 104 valence electrons. The van der Waals surface area contributed by atoms with E-state index in [0.29, 0.717) is 12.3 Å². The first-order valence-corrected chi connectivity index (χ1v) is 6.88. The molecule has 0 aromatic heterocycles. The molecular weight excluding hydrogens is 238 g/mol. The Morgan fingerprint density at radius 2 is 2.32 bits per heavy atom. The molecule has 1 aliphatic heterocycles. The Balaban J connectivity index is 1.88. The van der Waals surface area contributed by atoms with Gasteiger partial charge in [0, 0.05) is 18.7 Å². The van der Waals surface area contributed by atoms with Gasteiger partial charge in [-0.05, 0) is 57.2 Å². The van der Waals surface area contributed by atoms with E-state index in [4.69, 9.17) is 0 Å². The third-order valence-electron chi connectivity index (χ3n) is 3.35. The molecule has 0 spiro atoms. The van der Waals surface area contributed by atoms with E-state index < -0.39 is 0 Å². The number of carbonyl (C=O) groups is 1. The zero-order chi connectivity index (χ0) is 13.7. The summed E-state index contributed by atoms with van der Waals surface area (Å²) in [6.07, 6.45) is 1.72. The van der Waals surface area contributed by atoms with Gasteiger partial charge in [0.05, 0.1) is 0 Å². The molecule has 0 saturated carbocycles. The molecule has 19 heavy (non-hydrogen) atoms. The Kier molecular flexibility index (Phi) is 4.93. The van der Waals surface area contributed by atoms with Gasteiger partial charge in [-0.3, -0.25) is 4.79 Å². The molecule has 1 unspecified atom stereocenters. The second-order valence-electron chi connectivity index (χ2n) is 5.55. The van der Waals surface area contributed by atoms with Gasteiger partial charge in [0.1, 0.15) is 0 Å². The summed E-state index contributed by atoms with van der Waals surface area (Å²) in [6.45, 7) is 2.89. The Hall–Kier alpha value is -1.39. The SMILES string of the molecule is CN(C)Cc1cccc(NC(=O)CC2CCNC2)c1. The molecule has 4 nitrogen and oxygen atoms in total. The van der Waals surface area contributed by atoms with Crippen molar-refractivity contribution in [2.45, 2.75) is 19.4 Å². The molecule has 0 aliphatic carbocycles. The van der Waals surface area contributed by atoms with E-state index in [9.17, 15) is 4.79 Å². The van der Waals surface area contributed by atoms with Crippen LogP contribution in [0.5, 0.6) is 0 Å². The summed E-state index contributed by atoms with van der Waals surface area (Å²) in [5.41, 5.74) is 2.11. The Morgan fingerprint density at radius 1 is 1.47 bits per heavy atom. The molecule has 1 amide bonds. The second-order valence-corrected chi connectivity index (χ2v) is 5.55. The third kappa shape index (κ3) is 4.65. The van der Waals surface area contributed by atoms with Crippen molar-refractivity contribution in [3.8, 4) is 0 Å². The van der Waals surface area contributed by atoms with Crippen LogP contribution in [0, 0.1) is 5.92 Å². The number of hydrogen-bond acceptors (Lipinski definition) is 3. The number of amides is 1. The zero-order valence-corrected chi connectivity index (χ0v) is 11.8. The van der Waals surface area contributed by atoms with Gasteiger partial charge in [-0.1, -0.05) is 12.1 Å². The first kappa shape index (κ1) is 14.0. The van der Waals surface area contributed by atoms with Gasteiger partial charge >= 0.3 is 0 Å². The van der Waals surface area contributed by atoms with Gasteiger partial charge < -0.3 is 15.5 Å². The fourth-order valence-corrected chi connectivity index (χ4v) is 2.48. The van der Waals surface area contributed by atoms with Crippen molar-refractivity contribution in [3.05, 3.63) is 29.8 Å². The molecule has 1 aromatic rings. The maximum atomic E-state index is 12.0. The Bertz CT molecular complexity index is 425. The first-order valence-electron chi connectivity index (χ1n) is 6.88. The molecule has 4 heteroatoms. The smallest absolute Gasteiger partial charge is 0.224 e. The largest absolute Gasteiger partial charge is 0.326 e. The predicted molar refractivity (Wildman–Crippen MR) is 78.1 cm³/mol. The molecule has 1 atom stereocenters. The summed E-state index contributed by atoms with van der Waals surface area (Å²) < 4.78 is 0. The lowest BCUT2D eigenvalue weighted by molar-refractivity contribution is -0.116. The van der Waals surface area contributed by atoms with Crippen LogP contribution in [0.2, 0.25) is 0 Å². The van der Waals surface area contributed by atoms with Crippen LogP contribution in [0.4, 0.5) is 5.69 Å². The normalized spacial score (nSPS) is 18.8. The molecule has 1 fully saturated rings. The van der Waals surface area contributed by atoms with Gasteiger partial charge in [-0.15, -0.1) is 0 Å². The van der Waals surface area contributed by atoms with Crippen LogP contribution >= 0.6 is 0 Å². The molecule has 1 saturated heterocycles. The van der Waals surface area contributed by atoms with Crippen molar-refractivity contribution in [1.82, 2.24) is 10.2 Å². The summed E-state index contributed by atoms with van der Waals surface area (Å²) in [5.74, 6) is 0.612. The standard InChI is InChI=1S/C15H23N3O/c1-18(2)11-13-4-3-5-14(8-13)17-15(19)9-12-6-7-16-10-12/h3-5,8,12,16H,6-7,9-11H2,1-2H3,(H,17,19). The number of benzene rings is 1. The number of anilines is 1. The summed E-state index contributed by atoms with van der Waals surface area (Å²) >= 11 is 0. The summed E-state index contributed by atoms with van der Waals surface area (Å²) in [4.78, 5) is 14.1. The molecular formula is C15H23N3O. The van der Waals surface area contributed by atoms with Crippen molar-refractivity contribution in [3.63, 3.8) is 0 Å². The second kappa shape index (κ2) is 6.68. The molecule has 2 N–H and O–H groups in total. The van der Waals surface area contributed by atoms with Crippen LogP contribution in [0.3, 0.4) is 0 Å². The van der Waals surface area contributed by atoms with Crippen LogP contribution in [-0.2, 0) is 11.3 Å². The first-order chi connectivity index (χ1) is 9.13. The predicted octanol–water partition coefficient (Wildman–Crippen LogP) is 1.69. The van der Waals surface area contributed by atoms with Crippen molar-refractivity contribution >= 4 is 11.6 Å². The highest BCUT2D eigenvalue weighted by molar-refractivity contribution is 5.90. The van der Waals surface area contributed by atoms with Crippen molar-refractivity contribution < 1.29 is 4.79 Å². The van der Waals surface area contributed by atoms with Gasteiger partial charge in [0.2, 0.25) is 5.91 Å². The average molecular weight is 261 g/mol. The van der Waals surface area contributed by atoms with Crippen LogP contribution in [0.1, 0.15) is 18.4 Å². The van der Waals surface area contributed by atoms with E-state index in [0.717, 1.165) is 31.7 Å². The van der Waals surface area contributed by atoms with Crippen molar-refractivity contribution in [1.29, 1.82) is 0 Å². The maximum absolute atomic E-state index is 12.0. The summed E-state index contributed by atoms with van der Waals surface area (Å²) in [7, 11) is 4.08. The van der Waals surface area contributed by atoms with E-state index in [-0.39, 0.29) is 5.91 Å². The van der Waals surface area contributed by atoms with E-state index >= 15 is 0 Å². The fourth-order valence-electron chi connectivity index (χ4n) is 2.48. The van der Waals surface area contributed by atoms with Gasteiger partial charge in [-0.2, -0.15) is 0 Å². The zero-order valence-electron chi connectivity index (χ0n) is 11.8. The molecule has 2 rings (SSSR count). The Labute approximate surface area is 115 Å². The molecule has 1 aliphatic rings. The van der Waals surface area contributed by atoms with Gasteiger partial charge in [0.25, 0.3) is 0 Å². The topological polar surface area (TPSA) is 44.4 Å². The highest BCUT2D eigenvalue weighted by Crippen LogP contribution is 2.16. The van der Waals surface area contributed by atoms with E-state index in [1.165, 1.54) is 5.56 Å². The number of hydrogen-bond donors (Lipinski definition) is 2. The lowest BCUT2D eigenvalue weighted by atomic mass is 10.0. The summed E-state index contributed by atoms with van der Waals surface area (Å²) in [5, 5.41) is 6.28. The molecule has 0 radical (unpaired) electrons. The van der Waals surface area contributed by atoms with Gasteiger partial charge in [0.15, 0.2) is 0 Å². The maximum Gasteiger partial charge on any atom is 0.224 e. The lowest BCUT2D eigenvalue weighted by Crippen LogP contribution is -2.18. The highest BCUT2D eigenvalue weighted by atomic mass is 16.1. The van der Waals surface area contributed by atoms with E-state index in [1.807, 2.05) is 32.3 Å². The molecule has 1 heterocycles. The quantitative estimate of drug-likeness (QED) is 0.847. The van der Waals surface area contributed by atoms with Crippen LogP contribution in [0.25, 0.3) is 0 Å². The monoisotopic (exact) mass is 261 g/mol. The lowest BCUT2D eigenvalue weighted by Gasteiger charge is -2.12. The number of nitrogens with zero attached hydrogens (tertiary/aromatic N) is 1. The minimum atomic E-state index is 0.121.